The molecule has 5 N–H and O–H groups in total. The molecule has 0 amide bonds. The molecule has 0 aliphatic carbocycles. The molecule has 0 spiro atoms. The van der Waals surface area contributed by atoms with Crippen molar-refractivity contribution in [3.63, 3.8) is 0 Å². The van der Waals surface area contributed by atoms with Gasteiger partial charge in [-0.05, 0) is 43.3 Å². The van der Waals surface area contributed by atoms with Gasteiger partial charge in [0.25, 0.3) is 0 Å². The van der Waals surface area contributed by atoms with Gasteiger partial charge in [-0.1, -0.05) is 17.7 Å². The van der Waals surface area contributed by atoms with Crippen molar-refractivity contribution < 1.29 is 22.7 Å². The van der Waals surface area contributed by atoms with Crippen LogP contribution in [0.4, 0.5) is 17.6 Å². The number of nitrogens with zero attached hydrogens (tertiary/aromatic N) is 3. The van der Waals surface area contributed by atoms with Gasteiger partial charge in [-0.2, -0.15) is 13.9 Å². The third-order valence-corrected chi connectivity index (χ3v) is 4.67. The lowest BCUT2D eigenvalue weighted by molar-refractivity contribution is -0.208. The van der Waals surface area contributed by atoms with Crippen molar-refractivity contribution in [1.29, 1.82) is 0 Å². The highest BCUT2D eigenvalue weighted by Gasteiger charge is 2.58. The van der Waals surface area contributed by atoms with E-state index in [0.717, 1.165) is 17.7 Å². The molecule has 1 heterocycles. The van der Waals surface area contributed by atoms with Gasteiger partial charge < -0.3 is 10.8 Å². The maximum atomic E-state index is 15.6. The molecule has 0 bridgehead atoms. The fourth-order valence-corrected chi connectivity index (χ4v) is 3.16. The van der Waals surface area contributed by atoms with Gasteiger partial charge in [0.1, 0.15) is 23.7 Å². The highest BCUT2D eigenvalue weighted by molar-refractivity contribution is 5.79. The maximum absolute atomic E-state index is 15.6. The molecule has 0 aliphatic heterocycles. The minimum atomic E-state index is -4.19. The number of aliphatic hydroxyl groups is 1. The van der Waals surface area contributed by atoms with Gasteiger partial charge in [-0.25, -0.2) is 24.7 Å². The monoisotopic (exact) mass is 421 g/mol. The summed E-state index contributed by atoms with van der Waals surface area (Å²) in [7, 11) is 0. The number of benzene rings is 2. The van der Waals surface area contributed by atoms with Crippen molar-refractivity contribution in [2.24, 2.45) is 16.7 Å². The number of pyridine rings is 1. The molecule has 1 aromatic heterocycles. The summed E-state index contributed by atoms with van der Waals surface area (Å²) in [6.07, 6.45) is 0.705. The molecule has 3 rings (SSSR count). The van der Waals surface area contributed by atoms with Gasteiger partial charge in [-0.3, -0.25) is 0 Å². The number of hydrazine groups is 1. The molecule has 0 fully saturated rings. The van der Waals surface area contributed by atoms with Crippen LogP contribution in [0.2, 0.25) is 0 Å². The fourth-order valence-electron chi connectivity index (χ4n) is 3.16. The first kappa shape index (κ1) is 21.5. The third-order valence-electron chi connectivity index (χ3n) is 4.67. The minimum absolute atomic E-state index is 0.240. The quantitative estimate of drug-likeness (QED) is 0.187. The molecule has 0 saturated carbocycles. The molecule has 1 unspecified atom stereocenters. The second kappa shape index (κ2) is 7.88. The van der Waals surface area contributed by atoms with Crippen molar-refractivity contribution in [2.75, 3.05) is 6.54 Å². The van der Waals surface area contributed by atoms with Crippen LogP contribution in [0, 0.1) is 18.6 Å². The van der Waals surface area contributed by atoms with E-state index in [9.17, 15) is 13.9 Å². The van der Waals surface area contributed by atoms with E-state index in [1.54, 1.807) is 18.2 Å². The van der Waals surface area contributed by atoms with E-state index in [1.165, 1.54) is 6.07 Å². The third kappa shape index (κ3) is 3.79. The molecule has 0 saturated heterocycles. The minimum Gasteiger partial charge on any atom is -0.388 e. The van der Waals surface area contributed by atoms with Gasteiger partial charge in [0.2, 0.25) is 0 Å². The van der Waals surface area contributed by atoms with Gasteiger partial charge in [-0.15, -0.1) is 0 Å². The van der Waals surface area contributed by atoms with Crippen molar-refractivity contribution in [3.05, 3.63) is 77.0 Å². The van der Waals surface area contributed by atoms with E-state index in [0.29, 0.717) is 29.0 Å². The van der Waals surface area contributed by atoms with Gasteiger partial charge in [0.05, 0.1) is 12.1 Å². The number of nitrogens with two attached hydrogens (primary N) is 2. The van der Waals surface area contributed by atoms with Crippen LogP contribution in [0.15, 0.2) is 53.6 Å². The lowest BCUT2D eigenvalue weighted by Crippen LogP contribution is -2.53. The summed E-state index contributed by atoms with van der Waals surface area (Å²) in [5.74, 6) is -0.959. The Bertz CT molecular complexity index is 1110. The van der Waals surface area contributed by atoms with Gasteiger partial charge >= 0.3 is 5.92 Å². The van der Waals surface area contributed by atoms with Crippen LogP contribution in [-0.2, 0) is 11.5 Å². The van der Waals surface area contributed by atoms with Crippen LogP contribution in [0.1, 0.15) is 16.8 Å². The maximum Gasteiger partial charge on any atom is 0.323 e. The van der Waals surface area contributed by atoms with Crippen LogP contribution < -0.4 is 11.6 Å². The van der Waals surface area contributed by atoms with Gasteiger partial charge in [0, 0.05) is 10.9 Å². The van der Waals surface area contributed by atoms with E-state index in [4.69, 9.17) is 11.6 Å². The van der Waals surface area contributed by atoms with E-state index in [-0.39, 0.29) is 5.52 Å². The average molecular weight is 421 g/mol. The first-order valence-corrected chi connectivity index (χ1v) is 8.78. The summed E-state index contributed by atoms with van der Waals surface area (Å²) >= 11 is 0. The number of alkyl halides is 2. The van der Waals surface area contributed by atoms with Crippen molar-refractivity contribution in [2.45, 2.75) is 18.4 Å². The molecule has 10 heteroatoms. The average Bonchev–Trinajstić information content (AvgIpc) is 2.69. The summed E-state index contributed by atoms with van der Waals surface area (Å²) < 4.78 is 59.5. The summed E-state index contributed by atoms with van der Waals surface area (Å²) in [5, 5.41) is 15.4. The highest BCUT2D eigenvalue weighted by atomic mass is 19.3. The second-order valence-corrected chi connectivity index (χ2v) is 6.81. The number of hydrogen-bond donors (Lipinski definition) is 3. The Balaban J connectivity index is 2.20. The number of halogens is 4. The molecule has 6 nitrogen and oxygen atoms in total. The molecule has 2 aromatic carbocycles. The largest absolute Gasteiger partial charge is 0.388 e. The number of hydrogen-bond acceptors (Lipinski definition) is 5. The second-order valence-electron chi connectivity index (χ2n) is 6.81. The summed E-state index contributed by atoms with van der Waals surface area (Å²) in [6.45, 7) is 0.725. The van der Waals surface area contributed by atoms with Crippen molar-refractivity contribution >= 4 is 17.2 Å². The van der Waals surface area contributed by atoms with E-state index >= 15 is 8.78 Å². The molecular weight excluding hydrogens is 402 g/mol. The Kier molecular flexibility index (Phi) is 5.64. The Morgan fingerprint density at radius 3 is 2.57 bits per heavy atom. The lowest BCUT2D eigenvalue weighted by Gasteiger charge is -2.37. The van der Waals surface area contributed by atoms with Crippen LogP contribution >= 0.6 is 0 Å². The molecule has 1 atom stereocenters. The zero-order chi connectivity index (χ0) is 22.1. The summed E-state index contributed by atoms with van der Waals surface area (Å²) in [6, 6.07) is 9.25. The first-order valence-electron chi connectivity index (χ1n) is 8.78. The van der Waals surface area contributed by atoms with E-state index in [1.807, 2.05) is 6.92 Å². The fraction of sp³-hybridized carbons (Fsp3) is 0.200. The van der Waals surface area contributed by atoms with Crippen LogP contribution in [-0.4, -0.2) is 28.1 Å². The predicted octanol–water partition coefficient (Wildman–Crippen LogP) is 2.88. The van der Waals surface area contributed by atoms with Crippen LogP contribution in [0.3, 0.4) is 0 Å². The molecule has 158 valence electrons. The number of fused-ring (bicyclic) bond motifs is 1. The molecule has 30 heavy (non-hydrogen) atoms. The summed E-state index contributed by atoms with van der Waals surface area (Å²) in [5.41, 5.74) is 1.07. The molecule has 3 aromatic rings. The lowest BCUT2D eigenvalue weighted by atomic mass is 9.84. The Hall–Kier alpha value is -3.24. The SMILES string of the molecule is Cc1ccc2nc(C(F)(F)C(O)(CN(N)/N=C\N)c3cc(F)ccc3F)ccc2c1. The zero-order valence-corrected chi connectivity index (χ0v) is 15.9. The number of rotatable bonds is 6. The normalized spacial score (nSPS) is 14.2. The highest BCUT2D eigenvalue weighted by Crippen LogP contribution is 2.46. The van der Waals surface area contributed by atoms with Gasteiger partial charge in [0.15, 0.2) is 5.60 Å². The number of aromatic nitrogens is 1. The topological polar surface area (TPSA) is 101 Å². The van der Waals surface area contributed by atoms with Crippen molar-refractivity contribution in [1.82, 2.24) is 10.1 Å². The van der Waals surface area contributed by atoms with Crippen LogP contribution in [0.25, 0.3) is 10.9 Å². The van der Waals surface area contributed by atoms with E-state index in [2.05, 4.69) is 10.1 Å². The van der Waals surface area contributed by atoms with E-state index < -0.39 is 41.0 Å². The smallest absolute Gasteiger partial charge is 0.323 e. The first-order chi connectivity index (χ1) is 14.1. The molecular formula is C20H19F4N5O. The summed E-state index contributed by atoms with van der Waals surface area (Å²) in [4.78, 5) is 3.94. The predicted molar refractivity (Wildman–Crippen MR) is 104 cm³/mol. The zero-order valence-electron chi connectivity index (χ0n) is 15.9. The number of aryl methyl sites for hydroxylation is 1. The Morgan fingerprint density at radius 2 is 1.87 bits per heavy atom. The van der Waals surface area contributed by atoms with Crippen LogP contribution in [0.5, 0.6) is 0 Å². The molecule has 0 aliphatic rings. The Morgan fingerprint density at radius 1 is 1.13 bits per heavy atom. The number of hydrazone groups is 1. The standard InChI is InChI=1S/C20H19F4N5O/c1-12-2-6-17-13(8-12)3-7-18(28-17)20(23,24)19(30,10-29(26)27-11-25)15-9-14(21)4-5-16(15)22/h2-9,11,30H,10,26H2,1H3,(H2,25,27). The van der Waals surface area contributed by atoms with Crippen molar-refractivity contribution in [3.8, 4) is 0 Å². The Labute approximate surface area is 169 Å². The molecule has 0 radical (unpaired) electrons.